The Balaban J connectivity index is 2.11. The van der Waals surface area contributed by atoms with Crippen LogP contribution in [0.4, 0.5) is 5.69 Å². The van der Waals surface area contributed by atoms with Crippen LogP contribution in [-0.4, -0.2) is 27.4 Å². The predicted molar refractivity (Wildman–Crippen MR) is 78.7 cm³/mol. The van der Waals surface area contributed by atoms with E-state index in [0.717, 1.165) is 17.8 Å². The number of nitrogens with zero attached hydrogens (tertiary/aromatic N) is 4. The highest BCUT2D eigenvalue weighted by atomic mass is 16.4. The fraction of sp³-hybridized carbons (Fsp3) is 0.286. The summed E-state index contributed by atoms with van der Waals surface area (Å²) in [5.41, 5.74) is 7.77. The molecular formula is C14H19N5O. The van der Waals surface area contributed by atoms with Gasteiger partial charge in [-0.3, -0.25) is 4.68 Å². The van der Waals surface area contributed by atoms with Crippen molar-refractivity contribution in [1.82, 2.24) is 9.78 Å². The summed E-state index contributed by atoms with van der Waals surface area (Å²) >= 11 is 0. The maximum atomic E-state index is 8.64. The number of anilines is 1. The number of hydrogen-bond acceptors (Lipinski definition) is 4. The van der Waals surface area contributed by atoms with Crippen LogP contribution in [0.25, 0.3) is 0 Å². The van der Waals surface area contributed by atoms with E-state index in [4.69, 9.17) is 10.9 Å². The molecule has 1 aromatic carbocycles. The summed E-state index contributed by atoms with van der Waals surface area (Å²) in [7, 11) is 1.90. The molecule has 2 rings (SSSR count). The second kappa shape index (κ2) is 6.60. The quantitative estimate of drug-likeness (QED) is 0.362. The van der Waals surface area contributed by atoms with E-state index < -0.39 is 0 Å². The molecule has 0 atom stereocenters. The molecule has 0 radical (unpaired) electrons. The monoisotopic (exact) mass is 273 g/mol. The van der Waals surface area contributed by atoms with Crippen molar-refractivity contribution in [3.8, 4) is 0 Å². The SMILES string of the molecule is Cn1cc(CN(CCC(N)=NO)c2ccccc2)cn1. The smallest absolute Gasteiger partial charge is 0.140 e. The van der Waals surface area contributed by atoms with Crippen LogP contribution in [0.3, 0.4) is 0 Å². The van der Waals surface area contributed by atoms with Gasteiger partial charge in [0.25, 0.3) is 0 Å². The molecule has 0 bridgehead atoms. The average molecular weight is 273 g/mol. The molecule has 0 unspecified atom stereocenters. The van der Waals surface area contributed by atoms with Crippen molar-refractivity contribution in [2.24, 2.45) is 17.9 Å². The lowest BCUT2D eigenvalue weighted by molar-refractivity contribution is 0.317. The van der Waals surface area contributed by atoms with Gasteiger partial charge in [0.05, 0.1) is 6.20 Å². The lowest BCUT2D eigenvalue weighted by atomic mass is 10.2. The molecule has 2 aromatic rings. The van der Waals surface area contributed by atoms with Crippen molar-refractivity contribution in [3.05, 3.63) is 48.3 Å². The molecule has 0 aliphatic heterocycles. The maximum absolute atomic E-state index is 8.64. The molecule has 0 saturated heterocycles. The first-order chi connectivity index (χ1) is 9.69. The lowest BCUT2D eigenvalue weighted by Crippen LogP contribution is -2.27. The summed E-state index contributed by atoms with van der Waals surface area (Å²) in [5.74, 6) is 0.233. The Bertz CT molecular complexity index is 564. The third-order valence-electron chi connectivity index (χ3n) is 3.02. The van der Waals surface area contributed by atoms with E-state index in [-0.39, 0.29) is 5.84 Å². The number of aryl methyl sites for hydroxylation is 1. The molecule has 1 aromatic heterocycles. The van der Waals surface area contributed by atoms with E-state index in [2.05, 4.69) is 15.2 Å². The van der Waals surface area contributed by atoms with Crippen LogP contribution >= 0.6 is 0 Å². The standard InChI is InChI=1S/C14H19N5O/c1-18-10-12(9-16-18)11-19(8-7-14(15)17-20)13-5-3-2-4-6-13/h2-6,9-10,20H,7-8,11H2,1H3,(H2,15,17). The minimum absolute atomic E-state index is 0.233. The zero-order valence-electron chi connectivity index (χ0n) is 11.5. The van der Waals surface area contributed by atoms with Crippen molar-refractivity contribution in [2.75, 3.05) is 11.4 Å². The van der Waals surface area contributed by atoms with Gasteiger partial charge in [0.1, 0.15) is 5.84 Å². The van der Waals surface area contributed by atoms with Crippen molar-refractivity contribution in [3.63, 3.8) is 0 Å². The molecule has 106 valence electrons. The topological polar surface area (TPSA) is 79.7 Å². The van der Waals surface area contributed by atoms with E-state index in [9.17, 15) is 0 Å². The van der Waals surface area contributed by atoms with E-state index >= 15 is 0 Å². The number of benzene rings is 1. The van der Waals surface area contributed by atoms with E-state index in [1.54, 1.807) is 4.68 Å². The van der Waals surface area contributed by atoms with Gasteiger partial charge < -0.3 is 15.8 Å². The van der Waals surface area contributed by atoms with Crippen molar-refractivity contribution in [1.29, 1.82) is 0 Å². The van der Waals surface area contributed by atoms with Gasteiger partial charge in [-0.15, -0.1) is 0 Å². The lowest BCUT2D eigenvalue weighted by Gasteiger charge is -2.24. The van der Waals surface area contributed by atoms with Crippen LogP contribution in [0.5, 0.6) is 0 Å². The number of hydrogen-bond donors (Lipinski definition) is 2. The Hall–Kier alpha value is -2.50. The maximum Gasteiger partial charge on any atom is 0.140 e. The van der Waals surface area contributed by atoms with E-state index in [1.165, 1.54) is 0 Å². The number of nitrogens with two attached hydrogens (primary N) is 1. The minimum Gasteiger partial charge on any atom is -0.409 e. The summed E-state index contributed by atoms with van der Waals surface area (Å²) in [6.07, 6.45) is 4.34. The van der Waals surface area contributed by atoms with Crippen molar-refractivity contribution in [2.45, 2.75) is 13.0 Å². The zero-order chi connectivity index (χ0) is 14.4. The molecular weight excluding hydrogens is 254 g/mol. The highest BCUT2D eigenvalue weighted by Gasteiger charge is 2.09. The minimum atomic E-state index is 0.233. The number of para-hydroxylation sites is 1. The Morgan fingerprint density at radius 3 is 2.75 bits per heavy atom. The zero-order valence-corrected chi connectivity index (χ0v) is 11.5. The summed E-state index contributed by atoms with van der Waals surface area (Å²) in [6, 6.07) is 10.1. The molecule has 0 amide bonds. The summed E-state index contributed by atoms with van der Waals surface area (Å²) < 4.78 is 1.78. The van der Waals surface area contributed by atoms with E-state index in [0.29, 0.717) is 13.0 Å². The van der Waals surface area contributed by atoms with Crippen LogP contribution in [0.15, 0.2) is 47.9 Å². The Morgan fingerprint density at radius 2 is 2.15 bits per heavy atom. The van der Waals surface area contributed by atoms with Gasteiger partial charge in [-0.25, -0.2) is 0 Å². The van der Waals surface area contributed by atoms with Crippen LogP contribution in [0.1, 0.15) is 12.0 Å². The molecule has 6 heteroatoms. The number of aromatic nitrogens is 2. The second-order valence-corrected chi connectivity index (χ2v) is 4.62. The second-order valence-electron chi connectivity index (χ2n) is 4.62. The molecule has 20 heavy (non-hydrogen) atoms. The predicted octanol–water partition coefficient (Wildman–Crippen LogP) is 1.56. The molecule has 3 N–H and O–H groups in total. The highest BCUT2D eigenvalue weighted by molar-refractivity contribution is 5.80. The van der Waals surface area contributed by atoms with Crippen molar-refractivity contribution < 1.29 is 5.21 Å². The average Bonchev–Trinajstić information content (AvgIpc) is 2.89. The number of rotatable bonds is 6. The van der Waals surface area contributed by atoms with Crippen LogP contribution in [0, 0.1) is 0 Å². The first kappa shape index (κ1) is 13.9. The molecule has 0 aliphatic rings. The van der Waals surface area contributed by atoms with Crippen molar-refractivity contribution >= 4 is 11.5 Å². The number of amidine groups is 1. The first-order valence-electron chi connectivity index (χ1n) is 6.43. The van der Waals surface area contributed by atoms with Gasteiger partial charge in [-0.1, -0.05) is 23.4 Å². The van der Waals surface area contributed by atoms with Gasteiger partial charge in [0.2, 0.25) is 0 Å². The van der Waals surface area contributed by atoms with Crippen LogP contribution in [-0.2, 0) is 13.6 Å². The summed E-state index contributed by atoms with van der Waals surface area (Å²) in [4.78, 5) is 2.18. The first-order valence-corrected chi connectivity index (χ1v) is 6.43. The largest absolute Gasteiger partial charge is 0.409 e. The van der Waals surface area contributed by atoms with Gasteiger partial charge >= 0.3 is 0 Å². The third-order valence-corrected chi connectivity index (χ3v) is 3.02. The van der Waals surface area contributed by atoms with Gasteiger partial charge in [-0.2, -0.15) is 5.10 Å². The van der Waals surface area contributed by atoms with E-state index in [1.807, 2.05) is 49.8 Å². The third kappa shape index (κ3) is 3.74. The van der Waals surface area contributed by atoms with Gasteiger partial charge in [0, 0.05) is 44.0 Å². The Kier molecular flexibility index (Phi) is 4.60. The molecule has 1 heterocycles. The van der Waals surface area contributed by atoms with Crippen LogP contribution < -0.4 is 10.6 Å². The summed E-state index contributed by atoms with van der Waals surface area (Å²) in [5, 5.41) is 15.8. The number of oxime groups is 1. The molecule has 6 nitrogen and oxygen atoms in total. The summed E-state index contributed by atoms with van der Waals surface area (Å²) in [6.45, 7) is 1.41. The van der Waals surface area contributed by atoms with Gasteiger partial charge in [0.15, 0.2) is 0 Å². The van der Waals surface area contributed by atoms with Crippen LogP contribution in [0.2, 0.25) is 0 Å². The molecule has 0 spiro atoms. The Morgan fingerprint density at radius 1 is 1.40 bits per heavy atom. The van der Waals surface area contributed by atoms with Gasteiger partial charge in [-0.05, 0) is 12.1 Å². The molecule has 0 fully saturated rings. The Labute approximate surface area is 118 Å². The fourth-order valence-electron chi connectivity index (χ4n) is 2.01. The fourth-order valence-corrected chi connectivity index (χ4v) is 2.01. The molecule has 0 saturated carbocycles. The molecule has 0 aliphatic carbocycles. The normalized spacial score (nSPS) is 11.6. The highest BCUT2D eigenvalue weighted by Crippen LogP contribution is 2.16.